The van der Waals surface area contributed by atoms with Gasteiger partial charge in [0.05, 0.1) is 17.1 Å². The molecule has 1 aliphatic heterocycles. The Bertz CT molecular complexity index is 898. The summed E-state index contributed by atoms with van der Waals surface area (Å²) in [6, 6.07) is 6.87. The van der Waals surface area contributed by atoms with Crippen molar-refractivity contribution < 1.29 is 18.0 Å². The number of amides is 1. The molecule has 1 saturated heterocycles. The van der Waals surface area contributed by atoms with Crippen molar-refractivity contribution in [1.82, 2.24) is 9.88 Å². The molecular weight excluding hydrogens is 316 g/mol. The van der Waals surface area contributed by atoms with Crippen molar-refractivity contribution >= 4 is 32.4 Å². The van der Waals surface area contributed by atoms with Gasteiger partial charge in [0.1, 0.15) is 0 Å². The summed E-state index contributed by atoms with van der Waals surface area (Å²) in [4.78, 5) is 29.5. The number of aromatic amines is 1. The highest BCUT2D eigenvalue weighted by Crippen LogP contribution is 2.24. The highest BCUT2D eigenvalue weighted by Gasteiger charge is 2.35. The van der Waals surface area contributed by atoms with Gasteiger partial charge >= 0.3 is 0 Å². The van der Waals surface area contributed by atoms with E-state index < -0.39 is 27.6 Å². The molecule has 0 unspecified atom stereocenters. The lowest BCUT2D eigenvalue weighted by Crippen LogP contribution is -2.41. The Labute approximate surface area is 134 Å². The van der Waals surface area contributed by atoms with Gasteiger partial charge in [0.2, 0.25) is 0 Å². The van der Waals surface area contributed by atoms with E-state index in [4.69, 9.17) is 0 Å². The number of nitrogens with one attached hydrogen (secondary N) is 1. The molecule has 2 aromatic rings. The van der Waals surface area contributed by atoms with Gasteiger partial charge in [-0.15, -0.1) is 0 Å². The van der Waals surface area contributed by atoms with E-state index in [1.807, 2.05) is 18.2 Å². The minimum atomic E-state index is -3.11. The smallest absolute Gasteiger partial charge is 0.295 e. The summed E-state index contributed by atoms with van der Waals surface area (Å²) < 4.78 is 23.1. The summed E-state index contributed by atoms with van der Waals surface area (Å²) in [5.74, 6) is -1.28. The van der Waals surface area contributed by atoms with E-state index in [2.05, 4.69) is 4.98 Å². The lowest BCUT2D eigenvalue weighted by Gasteiger charge is -2.22. The topological polar surface area (TPSA) is 87.3 Å². The van der Waals surface area contributed by atoms with E-state index in [-0.39, 0.29) is 11.5 Å². The Morgan fingerprint density at radius 1 is 1.26 bits per heavy atom. The molecule has 1 fully saturated rings. The molecule has 1 N–H and O–H groups in total. The Balaban J connectivity index is 1.90. The number of para-hydroxylation sites is 1. The number of Topliss-reactive ketones (excluding diaryl/α,β-unsaturated/α-hetero) is 1. The molecule has 7 heteroatoms. The SMILES string of the molecule is Cc1[nH]c2ccccc2c1C(=O)C(=O)N(C)[C@@H]1CCS(=O)(=O)C1. The maximum atomic E-state index is 12.6. The highest BCUT2D eigenvalue weighted by molar-refractivity contribution is 7.91. The standard InChI is InChI=1S/C16H18N2O4S/c1-10-14(12-5-3-4-6-13(12)17-10)15(19)16(20)18(2)11-7-8-23(21,22)9-11/h3-6,11,17H,7-9H2,1-2H3/t11-/m1/s1. The van der Waals surface area contributed by atoms with Crippen LogP contribution in [0.15, 0.2) is 24.3 Å². The van der Waals surface area contributed by atoms with Crippen molar-refractivity contribution in [3.8, 4) is 0 Å². The lowest BCUT2D eigenvalue weighted by atomic mass is 10.1. The van der Waals surface area contributed by atoms with Gasteiger partial charge in [-0.1, -0.05) is 18.2 Å². The van der Waals surface area contributed by atoms with Crippen molar-refractivity contribution in [3.63, 3.8) is 0 Å². The molecule has 0 radical (unpaired) electrons. The first-order valence-corrected chi connectivity index (χ1v) is 9.21. The lowest BCUT2D eigenvalue weighted by molar-refractivity contribution is -0.126. The molecule has 0 spiro atoms. The molecule has 6 nitrogen and oxygen atoms in total. The fourth-order valence-corrected chi connectivity index (χ4v) is 4.86. The first-order valence-electron chi connectivity index (χ1n) is 7.39. The van der Waals surface area contributed by atoms with Gasteiger partial charge in [-0.05, 0) is 19.4 Å². The summed E-state index contributed by atoms with van der Waals surface area (Å²) in [6.45, 7) is 1.75. The van der Waals surface area contributed by atoms with Crippen molar-refractivity contribution in [2.75, 3.05) is 18.6 Å². The average Bonchev–Trinajstić information content (AvgIpc) is 3.03. The Hall–Kier alpha value is -2.15. The van der Waals surface area contributed by atoms with Crippen LogP contribution in [0.2, 0.25) is 0 Å². The molecule has 1 aromatic carbocycles. The van der Waals surface area contributed by atoms with Crippen LogP contribution in [0.1, 0.15) is 22.5 Å². The monoisotopic (exact) mass is 334 g/mol. The zero-order valence-corrected chi connectivity index (χ0v) is 13.8. The summed E-state index contributed by atoms with van der Waals surface area (Å²) in [7, 11) is -1.61. The molecule has 1 aliphatic rings. The maximum absolute atomic E-state index is 12.6. The zero-order chi connectivity index (χ0) is 16.8. The molecule has 2 heterocycles. The summed E-state index contributed by atoms with van der Waals surface area (Å²) in [6.07, 6.45) is 0.380. The number of ketones is 1. The number of hydrogen-bond acceptors (Lipinski definition) is 4. The average molecular weight is 334 g/mol. The third-order valence-electron chi connectivity index (χ3n) is 4.39. The second-order valence-electron chi connectivity index (χ2n) is 5.97. The normalized spacial score (nSPS) is 19.8. The number of fused-ring (bicyclic) bond motifs is 1. The predicted molar refractivity (Wildman–Crippen MR) is 87.2 cm³/mol. The van der Waals surface area contributed by atoms with E-state index in [9.17, 15) is 18.0 Å². The molecule has 122 valence electrons. The van der Waals surface area contributed by atoms with Gasteiger partial charge in [0.15, 0.2) is 9.84 Å². The second kappa shape index (κ2) is 5.49. The van der Waals surface area contributed by atoms with Gasteiger partial charge in [0, 0.05) is 29.7 Å². The van der Waals surface area contributed by atoms with Gasteiger partial charge in [-0.3, -0.25) is 9.59 Å². The van der Waals surface area contributed by atoms with Crippen molar-refractivity contribution in [2.45, 2.75) is 19.4 Å². The van der Waals surface area contributed by atoms with E-state index in [0.717, 1.165) is 5.52 Å². The van der Waals surface area contributed by atoms with Gasteiger partial charge < -0.3 is 9.88 Å². The number of H-pyrrole nitrogens is 1. The number of hydrogen-bond donors (Lipinski definition) is 1. The number of nitrogens with zero attached hydrogens (tertiary/aromatic N) is 1. The van der Waals surface area contributed by atoms with Crippen LogP contribution in [0.3, 0.4) is 0 Å². The third kappa shape index (κ3) is 2.76. The number of sulfone groups is 1. The number of aromatic nitrogens is 1. The van der Waals surface area contributed by atoms with Crippen LogP contribution in [0.25, 0.3) is 10.9 Å². The quantitative estimate of drug-likeness (QED) is 0.677. The molecule has 0 saturated carbocycles. The number of likely N-dealkylation sites (N-methyl/N-ethyl adjacent to an activating group) is 1. The Kier molecular flexibility index (Phi) is 3.75. The first kappa shape index (κ1) is 15.7. The number of rotatable bonds is 3. The fraction of sp³-hybridized carbons (Fsp3) is 0.375. The molecule has 0 aliphatic carbocycles. The van der Waals surface area contributed by atoms with Crippen molar-refractivity contribution in [3.05, 3.63) is 35.5 Å². The van der Waals surface area contributed by atoms with Gasteiger partial charge in [0.25, 0.3) is 11.7 Å². The van der Waals surface area contributed by atoms with Crippen LogP contribution < -0.4 is 0 Å². The molecule has 1 amide bonds. The first-order chi connectivity index (χ1) is 10.8. The number of carbonyl (C=O) groups is 2. The highest BCUT2D eigenvalue weighted by atomic mass is 32.2. The second-order valence-corrected chi connectivity index (χ2v) is 8.20. The number of carbonyl (C=O) groups excluding carboxylic acids is 2. The van der Waals surface area contributed by atoms with Crippen LogP contribution in [0, 0.1) is 6.92 Å². The van der Waals surface area contributed by atoms with Crippen LogP contribution in [0.4, 0.5) is 0 Å². The van der Waals surface area contributed by atoms with Crippen LogP contribution in [0.5, 0.6) is 0 Å². The van der Waals surface area contributed by atoms with E-state index in [0.29, 0.717) is 23.1 Å². The number of aryl methyl sites for hydroxylation is 1. The van der Waals surface area contributed by atoms with Gasteiger partial charge in [-0.25, -0.2) is 8.42 Å². The molecule has 3 rings (SSSR count). The summed E-state index contributed by atoms with van der Waals surface area (Å²) in [5.41, 5.74) is 1.79. The molecule has 1 aromatic heterocycles. The third-order valence-corrected chi connectivity index (χ3v) is 6.14. The van der Waals surface area contributed by atoms with Crippen molar-refractivity contribution in [1.29, 1.82) is 0 Å². The van der Waals surface area contributed by atoms with Crippen molar-refractivity contribution in [2.24, 2.45) is 0 Å². The van der Waals surface area contributed by atoms with Crippen LogP contribution in [-0.2, 0) is 14.6 Å². The van der Waals surface area contributed by atoms with E-state index >= 15 is 0 Å². The minimum Gasteiger partial charge on any atom is -0.358 e. The molecular formula is C16H18N2O4S. The Morgan fingerprint density at radius 3 is 2.61 bits per heavy atom. The zero-order valence-electron chi connectivity index (χ0n) is 13.0. The summed E-state index contributed by atoms with van der Waals surface area (Å²) >= 11 is 0. The molecule has 23 heavy (non-hydrogen) atoms. The summed E-state index contributed by atoms with van der Waals surface area (Å²) in [5, 5.41) is 0.704. The minimum absolute atomic E-state index is 0.0651. The number of benzene rings is 1. The molecule has 0 bridgehead atoms. The predicted octanol–water partition coefficient (Wildman–Crippen LogP) is 1.30. The Morgan fingerprint density at radius 2 is 1.96 bits per heavy atom. The maximum Gasteiger partial charge on any atom is 0.295 e. The van der Waals surface area contributed by atoms with Gasteiger partial charge in [-0.2, -0.15) is 0 Å². The molecule has 1 atom stereocenters. The van der Waals surface area contributed by atoms with Crippen LogP contribution >= 0.6 is 0 Å². The largest absolute Gasteiger partial charge is 0.358 e. The van der Waals surface area contributed by atoms with E-state index in [1.165, 1.54) is 11.9 Å². The van der Waals surface area contributed by atoms with Crippen LogP contribution in [-0.4, -0.2) is 54.6 Å². The fourth-order valence-electron chi connectivity index (χ4n) is 3.08. The van der Waals surface area contributed by atoms with E-state index in [1.54, 1.807) is 13.0 Å².